The highest BCUT2D eigenvalue weighted by Gasteiger charge is 2.50. The fourth-order valence-electron chi connectivity index (χ4n) is 5.58. The fraction of sp³-hybridized carbons (Fsp3) is 0.483. The molecule has 3 aliphatic rings. The summed E-state index contributed by atoms with van der Waals surface area (Å²) in [4.78, 5) is 54.8. The SMILES string of the molecule is CCOC(=O)[C@@H]1CC[C@@H](NOCc2ccccc2)CN1C(=O)[C@@H]1CC[C@@H]2CN1C(=O)N2OCc1ccccc1. The Kier molecular flexibility index (Phi) is 8.75. The summed E-state index contributed by atoms with van der Waals surface area (Å²) in [5.41, 5.74) is 5.07. The molecule has 3 aliphatic heterocycles. The molecule has 0 unspecified atom stereocenters. The molecule has 0 spiro atoms. The molecule has 2 aromatic rings. The van der Waals surface area contributed by atoms with E-state index in [1.54, 1.807) is 16.7 Å². The van der Waals surface area contributed by atoms with Crippen LogP contribution in [0.4, 0.5) is 4.79 Å². The standard InChI is InChI=1S/C29H36N4O6/c1-2-37-28(35)26-15-13-23(30-38-19-21-9-5-3-6-10-21)17-31(26)27(34)25-16-14-24-18-32(25)29(36)33(24)39-20-22-11-7-4-8-12-22/h3-12,23-26,30H,2,13-20H2,1H3/t23-,24-,25+,26+/m1/s1. The molecule has 208 valence electrons. The van der Waals surface area contributed by atoms with Gasteiger partial charge >= 0.3 is 12.0 Å². The zero-order valence-electron chi connectivity index (χ0n) is 22.2. The molecule has 3 heterocycles. The van der Waals surface area contributed by atoms with Crippen LogP contribution in [0.5, 0.6) is 0 Å². The Morgan fingerprint density at radius 1 is 0.872 bits per heavy atom. The normalized spacial score (nSPS) is 24.6. The molecule has 0 aliphatic carbocycles. The summed E-state index contributed by atoms with van der Waals surface area (Å²) in [5.74, 6) is -0.650. The molecule has 39 heavy (non-hydrogen) atoms. The van der Waals surface area contributed by atoms with E-state index in [4.69, 9.17) is 14.4 Å². The van der Waals surface area contributed by atoms with Gasteiger partial charge in [-0.1, -0.05) is 60.7 Å². The lowest BCUT2D eigenvalue weighted by Gasteiger charge is -2.41. The third-order valence-electron chi connectivity index (χ3n) is 7.58. The third-order valence-corrected chi connectivity index (χ3v) is 7.58. The van der Waals surface area contributed by atoms with E-state index in [-0.39, 0.29) is 43.8 Å². The number of carbonyl (C=O) groups excluding carboxylic acids is 3. The summed E-state index contributed by atoms with van der Waals surface area (Å²) < 4.78 is 5.30. The minimum atomic E-state index is -0.689. The zero-order chi connectivity index (χ0) is 27.2. The Morgan fingerprint density at radius 3 is 2.23 bits per heavy atom. The van der Waals surface area contributed by atoms with Crippen LogP contribution in [0.2, 0.25) is 0 Å². The number of urea groups is 1. The van der Waals surface area contributed by atoms with Crippen molar-refractivity contribution >= 4 is 17.9 Å². The highest BCUT2D eigenvalue weighted by Crippen LogP contribution is 2.33. The predicted octanol–water partition coefficient (Wildman–Crippen LogP) is 3.03. The molecular formula is C29H36N4O6. The number of fused-ring (bicyclic) bond motifs is 2. The maximum absolute atomic E-state index is 13.9. The molecule has 3 amide bonds. The van der Waals surface area contributed by atoms with Crippen molar-refractivity contribution in [1.82, 2.24) is 20.3 Å². The van der Waals surface area contributed by atoms with E-state index in [0.29, 0.717) is 38.8 Å². The van der Waals surface area contributed by atoms with Gasteiger partial charge in [-0.2, -0.15) is 10.5 Å². The monoisotopic (exact) mass is 536 g/mol. The van der Waals surface area contributed by atoms with E-state index in [0.717, 1.165) is 11.1 Å². The second kappa shape index (κ2) is 12.6. The van der Waals surface area contributed by atoms with Crippen molar-refractivity contribution in [3.63, 3.8) is 0 Å². The Bertz CT molecular complexity index is 1130. The predicted molar refractivity (Wildman–Crippen MR) is 142 cm³/mol. The molecule has 5 rings (SSSR count). The van der Waals surface area contributed by atoms with E-state index in [9.17, 15) is 14.4 Å². The number of rotatable bonds is 10. The number of hydrogen-bond donors (Lipinski definition) is 1. The molecule has 1 N–H and O–H groups in total. The summed E-state index contributed by atoms with van der Waals surface area (Å²) in [6.45, 7) is 3.36. The number of esters is 1. The summed E-state index contributed by atoms with van der Waals surface area (Å²) in [7, 11) is 0. The third kappa shape index (κ3) is 6.24. The maximum Gasteiger partial charge on any atom is 0.345 e. The van der Waals surface area contributed by atoms with Gasteiger partial charge in [0.1, 0.15) is 18.7 Å². The van der Waals surface area contributed by atoms with Crippen molar-refractivity contribution < 1.29 is 28.8 Å². The molecule has 4 atom stereocenters. The number of hydrogen-bond acceptors (Lipinski definition) is 7. The number of benzene rings is 2. The molecule has 0 radical (unpaired) electrons. The van der Waals surface area contributed by atoms with Gasteiger partial charge in [-0.15, -0.1) is 0 Å². The minimum Gasteiger partial charge on any atom is -0.464 e. The van der Waals surface area contributed by atoms with Crippen LogP contribution in [0, 0.1) is 0 Å². The van der Waals surface area contributed by atoms with Crippen molar-refractivity contribution in [2.75, 3.05) is 19.7 Å². The van der Waals surface area contributed by atoms with Crippen LogP contribution in [0.15, 0.2) is 60.7 Å². The van der Waals surface area contributed by atoms with Crippen LogP contribution in [-0.4, -0.2) is 76.6 Å². The zero-order valence-corrected chi connectivity index (χ0v) is 22.2. The van der Waals surface area contributed by atoms with Crippen molar-refractivity contribution in [3.05, 3.63) is 71.8 Å². The van der Waals surface area contributed by atoms with E-state index < -0.39 is 18.1 Å². The van der Waals surface area contributed by atoms with Crippen LogP contribution < -0.4 is 5.48 Å². The van der Waals surface area contributed by atoms with Gasteiger partial charge in [-0.25, -0.2) is 9.59 Å². The second-order valence-corrected chi connectivity index (χ2v) is 10.2. The first-order valence-electron chi connectivity index (χ1n) is 13.7. The van der Waals surface area contributed by atoms with Crippen LogP contribution >= 0.6 is 0 Å². The maximum atomic E-state index is 13.9. The summed E-state index contributed by atoms with van der Waals surface area (Å²) in [6.07, 6.45) is 2.26. The van der Waals surface area contributed by atoms with Crippen molar-refractivity contribution in [2.24, 2.45) is 0 Å². The number of carbonyl (C=O) groups is 3. The first-order chi connectivity index (χ1) is 19.0. The molecule has 2 bridgehead atoms. The molecule has 10 nitrogen and oxygen atoms in total. The molecular weight excluding hydrogens is 500 g/mol. The van der Waals surface area contributed by atoms with Gasteiger partial charge in [-0.3, -0.25) is 14.5 Å². The highest BCUT2D eigenvalue weighted by atomic mass is 16.7. The lowest BCUT2D eigenvalue weighted by Crippen LogP contribution is -2.60. The van der Waals surface area contributed by atoms with Crippen LogP contribution in [0.25, 0.3) is 0 Å². The Balaban J connectivity index is 1.23. The highest BCUT2D eigenvalue weighted by molar-refractivity contribution is 5.91. The van der Waals surface area contributed by atoms with Crippen molar-refractivity contribution in [2.45, 2.75) is 70.0 Å². The van der Waals surface area contributed by atoms with E-state index in [2.05, 4.69) is 5.48 Å². The lowest BCUT2D eigenvalue weighted by molar-refractivity contribution is -0.160. The molecule has 0 saturated carbocycles. The number of ether oxygens (including phenoxy) is 1. The minimum absolute atomic E-state index is 0.103. The van der Waals surface area contributed by atoms with Crippen LogP contribution in [0.1, 0.15) is 43.7 Å². The van der Waals surface area contributed by atoms with Gasteiger partial charge < -0.3 is 14.5 Å². The first kappa shape index (κ1) is 27.1. The molecule has 3 fully saturated rings. The number of hydroxylamine groups is 3. The quantitative estimate of drug-likeness (QED) is 0.368. The fourth-order valence-corrected chi connectivity index (χ4v) is 5.58. The van der Waals surface area contributed by atoms with Gasteiger partial charge in [0.15, 0.2) is 0 Å². The summed E-state index contributed by atoms with van der Waals surface area (Å²) >= 11 is 0. The Hall–Kier alpha value is -3.47. The smallest absolute Gasteiger partial charge is 0.345 e. The van der Waals surface area contributed by atoms with Gasteiger partial charge in [0.05, 0.1) is 19.3 Å². The number of nitrogens with zero attached hydrogens (tertiary/aromatic N) is 3. The number of amides is 3. The number of piperidine rings is 2. The Labute approximate surface area is 228 Å². The van der Waals surface area contributed by atoms with Gasteiger partial charge in [-0.05, 0) is 43.7 Å². The average Bonchev–Trinajstić information content (AvgIpc) is 3.21. The summed E-state index contributed by atoms with van der Waals surface area (Å²) in [6, 6.07) is 17.6. The second-order valence-electron chi connectivity index (χ2n) is 10.2. The number of likely N-dealkylation sites (tertiary alicyclic amines) is 1. The van der Waals surface area contributed by atoms with Gasteiger partial charge in [0.2, 0.25) is 5.91 Å². The van der Waals surface area contributed by atoms with Crippen LogP contribution in [-0.2, 0) is 37.2 Å². The van der Waals surface area contributed by atoms with Crippen LogP contribution in [0.3, 0.4) is 0 Å². The molecule has 0 aromatic heterocycles. The van der Waals surface area contributed by atoms with E-state index >= 15 is 0 Å². The molecule has 10 heteroatoms. The van der Waals surface area contributed by atoms with E-state index in [1.165, 1.54) is 5.06 Å². The molecule has 3 saturated heterocycles. The number of nitrogens with one attached hydrogen (secondary N) is 1. The largest absolute Gasteiger partial charge is 0.464 e. The van der Waals surface area contributed by atoms with Crippen molar-refractivity contribution in [3.8, 4) is 0 Å². The van der Waals surface area contributed by atoms with Gasteiger partial charge in [0.25, 0.3) is 0 Å². The Morgan fingerprint density at radius 2 is 1.54 bits per heavy atom. The average molecular weight is 537 g/mol. The first-order valence-corrected chi connectivity index (χ1v) is 13.7. The summed E-state index contributed by atoms with van der Waals surface area (Å²) in [5, 5.41) is 1.42. The topological polar surface area (TPSA) is 101 Å². The van der Waals surface area contributed by atoms with Crippen molar-refractivity contribution in [1.29, 1.82) is 0 Å². The lowest BCUT2D eigenvalue weighted by atomic mass is 9.94. The van der Waals surface area contributed by atoms with Gasteiger partial charge in [0, 0.05) is 19.1 Å². The molecule has 2 aromatic carbocycles. The van der Waals surface area contributed by atoms with E-state index in [1.807, 2.05) is 60.7 Å².